The van der Waals surface area contributed by atoms with Crippen LogP contribution in [0, 0.1) is 6.92 Å². The summed E-state index contributed by atoms with van der Waals surface area (Å²) in [5, 5.41) is 9.03. The number of nitrogens with zero attached hydrogens (tertiary/aromatic N) is 4. The number of hydrogen-bond acceptors (Lipinski definition) is 7. The topological polar surface area (TPSA) is 116 Å². The highest BCUT2D eigenvalue weighted by atomic mass is 16.5. The zero-order valence-corrected chi connectivity index (χ0v) is 15.3. The number of aromatic nitrogens is 5. The molecule has 28 heavy (non-hydrogen) atoms. The molecule has 0 saturated carbocycles. The van der Waals surface area contributed by atoms with Crippen LogP contribution in [0.3, 0.4) is 0 Å². The maximum atomic E-state index is 12.4. The van der Waals surface area contributed by atoms with Crippen LogP contribution < -0.4 is 15.9 Å². The lowest BCUT2D eigenvalue weighted by Gasteiger charge is -2.05. The first-order valence-corrected chi connectivity index (χ1v) is 8.73. The average molecular weight is 379 g/mol. The predicted octanol–water partition coefficient (Wildman–Crippen LogP) is 1.91. The van der Waals surface area contributed by atoms with Gasteiger partial charge in [0.25, 0.3) is 11.6 Å². The molecule has 0 radical (unpaired) electrons. The second-order valence-corrected chi connectivity index (χ2v) is 6.14. The fraction of sp³-hybridized carbons (Fsp3) is 0.211. The summed E-state index contributed by atoms with van der Waals surface area (Å²) in [7, 11) is 0. The SMILES string of the molecule is CCc1cc(=O)oc2nc(OCc3nn(-c4ccccc4)nc3C)[nH]c(=O)c12. The Balaban J connectivity index is 1.62. The molecule has 0 unspecified atom stereocenters. The molecular weight excluding hydrogens is 362 g/mol. The van der Waals surface area contributed by atoms with Crippen LogP contribution in [0.15, 0.2) is 50.4 Å². The molecule has 9 nitrogen and oxygen atoms in total. The first-order valence-electron chi connectivity index (χ1n) is 8.73. The van der Waals surface area contributed by atoms with Crippen molar-refractivity contribution in [3.05, 3.63) is 74.1 Å². The molecule has 0 amide bonds. The number of nitrogens with one attached hydrogen (secondary N) is 1. The second kappa shape index (κ2) is 7.10. The van der Waals surface area contributed by atoms with Gasteiger partial charge in [-0.25, -0.2) is 4.79 Å². The minimum absolute atomic E-state index is 0.0464. The highest BCUT2D eigenvalue weighted by Gasteiger charge is 2.14. The van der Waals surface area contributed by atoms with Gasteiger partial charge in [-0.15, -0.1) is 5.10 Å². The summed E-state index contributed by atoms with van der Waals surface area (Å²) in [6.45, 7) is 3.70. The Labute approximate surface area is 158 Å². The Morgan fingerprint density at radius 3 is 2.71 bits per heavy atom. The van der Waals surface area contributed by atoms with Gasteiger partial charge in [-0.2, -0.15) is 14.9 Å². The molecule has 0 bridgehead atoms. The molecule has 0 aliphatic rings. The van der Waals surface area contributed by atoms with E-state index in [2.05, 4.69) is 20.2 Å². The molecular formula is C19H17N5O4. The van der Waals surface area contributed by atoms with E-state index in [1.165, 1.54) is 10.9 Å². The van der Waals surface area contributed by atoms with Gasteiger partial charge in [-0.3, -0.25) is 9.78 Å². The van der Waals surface area contributed by atoms with Crippen LogP contribution in [0.2, 0.25) is 0 Å². The van der Waals surface area contributed by atoms with Crippen molar-refractivity contribution in [1.82, 2.24) is 25.0 Å². The molecule has 0 spiro atoms. The van der Waals surface area contributed by atoms with Gasteiger partial charge in [0.15, 0.2) is 0 Å². The van der Waals surface area contributed by atoms with Crippen LogP contribution >= 0.6 is 0 Å². The zero-order valence-electron chi connectivity index (χ0n) is 15.3. The summed E-state index contributed by atoms with van der Waals surface area (Å²) in [6.07, 6.45) is 0.509. The quantitative estimate of drug-likeness (QED) is 0.563. The van der Waals surface area contributed by atoms with Crippen molar-refractivity contribution in [1.29, 1.82) is 0 Å². The van der Waals surface area contributed by atoms with Crippen molar-refractivity contribution in [3.8, 4) is 11.7 Å². The summed E-state index contributed by atoms with van der Waals surface area (Å²) in [4.78, 5) is 32.2. The minimum Gasteiger partial charge on any atom is -0.458 e. The molecule has 0 fully saturated rings. The number of H-pyrrole nitrogens is 1. The molecule has 0 saturated heterocycles. The molecule has 0 aliphatic heterocycles. The van der Waals surface area contributed by atoms with Crippen molar-refractivity contribution >= 4 is 11.1 Å². The van der Waals surface area contributed by atoms with Crippen LogP contribution in [0.25, 0.3) is 16.8 Å². The summed E-state index contributed by atoms with van der Waals surface area (Å²) in [5.41, 5.74) is 1.64. The zero-order chi connectivity index (χ0) is 19.7. The normalized spacial score (nSPS) is 11.1. The van der Waals surface area contributed by atoms with E-state index in [0.29, 0.717) is 23.4 Å². The van der Waals surface area contributed by atoms with Crippen molar-refractivity contribution in [2.75, 3.05) is 0 Å². The third-order valence-corrected chi connectivity index (χ3v) is 4.27. The van der Waals surface area contributed by atoms with E-state index in [-0.39, 0.29) is 23.7 Å². The Morgan fingerprint density at radius 1 is 1.18 bits per heavy atom. The maximum absolute atomic E-state index is 12.4. The van der Waals surface area contributed by atoms with Gasteiger partial charge in [-0.05, 0) is 31.0 Å². The van der Waals surface area contributed by atoms with Gasteiger partial charge >= 0.3 is 5.63 Å². The number of benzene rings is 1. The van der Waals surface area contributed by atoms with E-state index in [0.717, 1.165) is 5.69 Å². The lowest BCUT2D eigenvalue weighted by Crippen LogP contribution is -2.15. The van der Waals surface area contributed by atoms with E-state index >= 15 is 0 Å². The second-order valence-electron chi connectivity index (χ2n) is 6.14. The molecule has 142 valence electrons. The van der Waals surface area contributed by atoms with E-state index in [1.807, 2.05) is 44.2 Å². The van der Waals surface area contributed by atoms with Gasteiger partial charge < -0.3 is 9.15 Å². The fourth-order valence-corrected chi connectivity index (χ4v) is 2.83. The summed E-state index contributed by atoms with van der Waals surface area (Å²) >= 11 is 0. The van der Waals surface area contributed by atoms with Crippen molar-refractivity contribution in [3.63, 3.8) is 0 Å². The summed E-state index contributed by atoms with van der Waals surface area (Å²) in [5.74, 6) is 0. The molecule has 3 aromatic heterocycles. The van der Waals surface area contributed by atoms with Crippen molar-refractivity contribution in [2.24, 2.45) is 0 Å². The molecule has 3 heterocycles. The Hall–Kier alpha value is -3.75. The number of hydrogen-bond donors (Lipinski definition) is 1. The largest absolute Gasteiger partial charge is 0.458 e. The molecule has 1 aromatic carbocycles. The maximum Gasteiger partial charge on any atom is 0.337 e. The van der Waals surface area contributed by atoms with Crippen LogP contribution in [0.1, 0.15) is 23.9 Å². The third-order valence-electron chi connectivity index (χ3n) is 4.27. The number of aromatic amines is 1. The van der Waals surface area contributed by atoms with E-state index in [9.17, 15) is 9.59 Å². The minimum atomic E-state index is -0.560. The van der Waals surface area contributed by atoms with Gasteiger partial charge in [0.05, 0.1) is 11.4 Å². The van der Waals surface area contributed by atoms with Crippen LogP contribution in [0.5, 0.6) is 6.01 Å². The number of para-hydroxylation sites is 1. The fourth-order valence-electron chi connectivity index (χ4n) is 2.83. The molecule has 0 aliphatic carbocycles. The molecule has 1 N–H and O–H groups in total. The molecule has 9 heteroatoms. The lowest BCUT2D eigenvalue weighted by atomic mass is 10.1. The van der Waals surface area contributed by atoms with E-state index in [1.54, 1.807) is 0 Å². The predicted molar refractivity (Wildman–Crippen MR) is 101 cm³/mol. The number of aryl methyl sites for hydroxylation is 2. The summed E-state index contributed by atoms with van der Waals surface area (Å²) in [6, 6.07) is 10.7. The monoisotopic (exact) mass is 379 g/mol. The van der Waals surface area contributed by atoms with Crippen LogP contribution in [-0.2, 0) is 13.0 Å². The van der Waals surface area contributed by atoms with Gasteiger partial charge in [-0.1, -0.05) is 25.1 Å². The van der Waals surface area contributed by atoms with Crippen LogP contribution in [-0.4, -0.2) is 25.0 Å². The summed E-state index contributed by atoms with van der Waals surface area (Å²) < 4.78 is 10.6. The Morgan fingerprint density at radius 2 is 1.96 bits per heavy atom. The Bertz CT molecular complexity index is 1260. The highest BCUT2D eigenvalue weighted by molar-refractivity contribution is 5.75. The highest BCUT2D eigenvalue weighted by Crippen LogP contribution is 2.15. The molecule has 4 rings (SSSR count). The van der Waals surface area contributed by atoms with Crippen LogP contribution in [0.4, 0.5) is 0 Å². The van der Waals surface area contributed by atoms with Crippen molar-refractivity contribution < 1.29 is 9.15 Å². The van der Waals surface area contributed by atoms with Gasteiger partial charge in [0.1, 0.15) is 17.7 Å². The Kier molecular flexibility index (Phi) is 4.48. The first kappa shape index (κ1) is 17.7. The number of ether oxygens (including phenoxy) is 1. The number of fused-ring (bicyclic) bond motifs is 1. The molecule has 0 atom stereocenters. The van der Waals surface area contributed by atoms with Gasteiger partial charge in [0, 0.05) is 6.07 Å². The number of rotatable bonds is 5. The molecule has 4 aromatic rings. The van der Waals surface area contributed by atoms with Gasteiger partial charge in [0.2, 0.25) is 5.71 Å². The van der Waals surface area contributed by atoms with E-state index < -0.39 is 11.2 Å². The average Bonchev–Trinajstić information content (AvgIpc) is 3.06. The third kappa shape index (κ3) is 3.29. The smallest absolute Gasteiger partial charge is 0.337 e. The lowest BCUT2D eigenvalue weighted by molar-refractivity contribution is 0.274. The standard InChI is InChI=1S/C19H17N5O4/c1-3-12-9-15(25)28-18-16(12)17(26)20-19(21-18)27-10-14-11(2)22-24(23-14)13-7-5-4-6-8-13/h4-9H,3,10H2,1-2H3,(H,20,21,26). The van der Waals surface area contributed by atoms with Crippen molar-refractivity contribution in [2.45, 2.75) is 26.9 Å². The first-order chi connectivity index (χ1) is 13.5. The van der Waals surface area contributed by atoms with E-state index in [4.69, 9.17) is 9.15 Å².